The van der Waals surface area contributed by atoms with E-state index < -0.39 is 12.2 Å². The Labute approximate surface area is 93.6 Å². The largest absolute Gasteiger partial charge is 0.403 e. The minimum Gasteiger partial charge on any atom is -0.320 e. The third-order valence-electron chi connectivity index (χ3n) is 1.79. The molecule has 0 saturated heterocycles. The van der Waals surface area contributed by atoms with Crippen LogP contribution in [0.1, 0.15) is 5.56 Å². The van der Waals surface area contributed by atoms with Gasteiger partial charge in [-0.25, -0.2) is 0 Å². The Morgan fingerprint density at radius 1 is 1.21 bits per heavy atom. The topological polar surface area (TPSA) is 26.0 Å². The predicted molar refractivity (Wildman–Crippen MR) is 56.9 cm³/mol. The van der Waals surface area contributed by atoms with Gasteiger partial charge in [-0.3, -0.25) is 0 Å². The number of halogens is 4. The van der Waals surface area contributed by atoms with E-state index in [0.717, 1.165) is 3.57 Å². The van der Waals surface area contributed by atoms with Gasteiger partial charge in [-0.1, -0.05) is 12.1 Å². The van der Waals surface area contributed by atoms with Gasteiger partial charge in [0.2, 0.25) is 0 Å². The van der Waals surface area contributed by atoms with Crippen LogP contribution in [-0.4, -0.2) is 12.2 Å². The minimum absolute atomic E-state index is 0.166. The quantitative estimate of drug-likeness (QED) is 0.835. The van der Waals surface area contributed by atoms with Crippen molar-refractivity contribution in [2.24, 2.45) is 5.73 Å². The standard InChI is InChI=1S/C9H9F3IN/c10-9(11,12)8(14)5-6-1-3-7(13)4-2-6/h1-4,8H,5,14H2. The number of nitrogens with two attached hydrogens (primary N) is 1. The fourth-order valence-electron chi connectivity index (χ4n) is 0.990. The Hall–Kier alpha value is -0.300. The van der Waals surface area contributed by atoms with Gasteiger partial charge >= 0.3 is 6.18 Å². The Morgan fingerprint density at radius 2 is 1.71 bits per heavy atom. The Balaban J connectivity index is 2.65. The maximum atomic E-state index is 12.1. The van der Waals surface area contributed by atoms with Gasteiger partial charge in [0.25, 0.3) is 0 Å². The van der Waals surface area contributed by atoms with Crippen LogP contribution in [0.25, 0.3) is 0 Å². The summed E-state index contributed by atoms with van der Waals surface area (Å²) in [5.41, 5.74) is 5.60. The fraction of sp³-hybridized carbons (Fsp3) is 0.333. The molecule has 0 aromatic heterocycles. The van der Waals surface area contributed by atoms with Gasteiger partial charge in [-0.05, 0) is 46.7 Å². The van der Waals surface area contributed by atoms with E-state index in [1.807, 2.05) is 0 Å². The fourth-order valence-corrected chi connectivity index (χ4v) is 1.35. The summed E-state index contributed by atoms with van der Waals surface area (Å²) in [7, 11) is 0. The second-order valence-corrected chi connectivity index (χ2v) is 4.22. The first-order chi connectivity index (χ1) is 6.39. The molecule has 1 aromatic rings. The van der Waals surface area contributed by atoms with Crippen molar-refractivity contribution in [3.05, 3.63) is 33.4 Å². The van der Waals surface area contributed by atoms with Crippen molar-refractivity contribution in [1.29, 1.82) is 0 Å². The van der Waals surface area contributed by atoms with Crippen molar-refractivity contribution in [2.75, 3.05) is 0 Å². The lowest BCUT2D eigenvalue weighted by Crippen LogP contribution is -2.39. The van der Waals surface area contributed by atoms with Crippen molar-refractivity contribution in [2.45, 2.75) is 18.6 Å². The summed E-state index contributed by atoms with van der Waals surface area (Å²) in [5.74, 6) is 0. The number of rotatable bonds is 2. The van der Waals surface area contributed by atoms with Crippen LogP contribution >= 0.6 is 22.6 Å². The Bertz CT molecular complexity index is 294. The first-order valence-electron chi connectivity index (χ1n) is 3.96. The van der Waals surface area contributed by atoms with Gasteiger partial charge in [-0.15, -0.1) is 0 Å². The molecular weight excluding hydrogens is 306 g/mol. The van der Waals surface area contributed by atoms with Crippen molar-refractivity contribution in [3.63, 3.8) is 0 Å². The molecule has 0 amide bonds. The molecule has 5 heteroatoms. The number of benzene rings is 1. The van der Waals surface area contributed by atoms with E-state index in [1.54, 1.807) is 24.3 Å². The van der Waals surface area contributed by atoms with Crippen LogP contribution in [0.5, 0.6) is 0 Å². The predicted octanol–water partition coefficient (Wildman–Crippen LogP) is 2.72. The van der Waals surface area contributed by atoms with Crippen LogP contribution in [0.15, 0.2) is 24.3 Å². The van der Waals surface area contributed by atoms with Crippen LogP contribution in [0, 0.1) is 3.57 Å². The third kappa shape index (κ3) is 3.45. The maximum Gasteiger partial charge on any atom is 0.403 e. The lowest BCUT2D eigenvalue weighted by molar-refractivity contribution is -0.147. The van der Waals surface area contributed by atoms with Crippen molar-refractivity contribution in [3.8, 4) is 0 Å². The average Bonchev–Trinajstić information content (AvgIpc) is 2.07. The second-order valence-electron chi connectivity index (χ2n) is 2.98. The molecule has 0 saturated carbocycles. The van der Waals surface area contributed by atoms with Gasteiger partial charge in [0.15, 0.2) is 0 Å². The van der Waals surface area contributed by atoms with E-state index in [2.05, 4.69) is 22.6 Å². The highest BCUT2D eigenvalue weighted by atomic mass is 127. The summed E-state index contributed by atoms with van der Waals surface area (Å²) in [6.45, 7) is 0. The van der Waals surface area contributed by atoms with Gasteiger partial charge in [0, 0.05) is 3.57 Å². The van der Waals surface area contributed by atoms with Gasteiger partial charge in [-0.2, -0.15) is 13.2 Å². The van der Waals surface area contributed by atoms with Crippen LogP contribution in [0.3, 0.4) is 0 Å². The first-order valence-corrected chi connectivity index (χ1v) is 5.04. The average molecular weight is 315 g/mol. The zero-order valence-corrected chi connectivity index (χ0v) is 9.34. The molecule has 0 bridgehead atoms. The van der Waals surface area contributed by atoms with Crippen molar-refractivity contribution < 1.29 is 13.2 Å². The molecule has 1 aromatic carbocycles. The summed E-state index contributed by atoms with van der Waals surface area (Å²) >= 11 is 2.09. The zero-order chi connectivity index (χ0) is 10.8. The monoisotopic (exact) mass is 315 g/mol. The van der Waals surface area contributed by atoms with Crippen LogP contribution in [0.4, 0.5) is 13.2 Å². The minimum atomic E-state index is -4.32. The van der Waals surface area contributed by atoms with Crippen LogP contribution in [-0.2, 0) is 6.42 Å². The second kappa shape index (κ2) is 4.48. The Morgan fingerprint density at radius 3 is 2.14 bits per heavy atom. The van der Waals surface area contributed by atoms with Gasteiger partial charge in [0.1, 0.15) is 6.04 Å². The lowest BCUT2D eigenvalue weighted by Gasteiger charge is -2.15. The number of alkyl halides is 3. The summed E-state index contributed by atoms with van der Waals surface area (Å²) in [5, 5.41) is 0. The molecular formula is C9H9F3IN. The van der Waals surface area contributed by atoms with E-state index >= 15 is 0 Å². The van der Waals surface area contributed by atoms with Crippen molar-refractivity contribution >= 4 is 22.6 Å². The molecule has 0 heterocycles. The van der Waals surface area contributed by atoms with E-state index in [9.17, 15) is 13.2 Å². The van der Waals surface area contributed by atoms with E-state index in [-0.39, 0.29) is 6.42 Å². The summed E-state index contributed by atoms with van der Waals surface area (Å²) < 4.78 is 37.3. The third-order valence-corrected chi connectivity index (χ3v) is 2.51. The lowest BCUT2D eigenvalue weighted by atomic mass is 10.1. The van der Waals surface area contributed by atoms with E-state index in [0.29, 0.717) is 5.56 Å². The molecule has 0 aliphatic rings. The highest BCUT2D eigenvalue weighted by Gasteiger charge is 2.36. The molecule has 78 valence electrons. The maximum absolute atomic E-state index is 12.1. The SMILES string of the molecule is NC(Cc1ccc(I)cc1)C(F)(F)F. The summed E-state index contributed by atoms with van der Waals surface area (Å²) in [6.07, 6.45) is -4.48. The highest BCUT2D eigenvalue weighted by Crippen LogP contribution is 2.21. The summed E-state index contributed by atoms with van der Waals surface area (Å²) in [4.78, 5) is 0. The van der Waals surface area contributed by atoms with Crippen LogP contribution < -0.4 is 5.73 Å². The van der Waals surface area contributed by atoms with E-state index in [1.165, 1.54) is 0 Å². The van der Waals surface area contributed by atoms with Gasteiger partial charge in [0.05, 0.1) is 0 Å². The molecule has 1 atom stereocenters. The Kier molecular flexibility index (Phi) is 3.77. The molecule has 0 aliphatic heterocycles. The smallest absolute Gasteiger partial charge is 0.320 e. The van der Waals surface area contributed by atoms with E-state index in [4.69, 9.17) is 5.73 Å². The molecule has 1 unspecified atom stereocenters. The molecule has 0 aliphatic carbocycles. The number of hydrogen-bond acceptors (Lipinski definition) is 1. The van der Waals surface area contributed by atoms with Crippen LogP contribution in [0.2, 0.25) is 0 Å². The first kappa shape index (κ1) is 11.8. The molecule has 0 fully saturated rings. The molecule has 14 heavy (non-hydrogen) atoms. The molecule has 1 nitrogen and oxygen atoms in total. The molecule has 1 rings (SSSR count). The molecule has 0 radical (unpaired) electrons. The zero-order valence-electron chi connectivity index (χ0n) is 7.18. The normalized spacial score (nSPS) is 14.1. The summed E-state index contributed by atoms with van der Waals surface area (Å²) in [6, 6.07) is 5.07. The molecule has 2 N–H and O–H groups in total. The van der Waals surface area contributed by atoms with Gasteiger partial charge < -0.3 is 5.73 Å². The highest BCUT2D eigenvalue weighted by molar-refractivity contribution is 14.1. The molecule has 0 spiro atoms. The van der Waals surface area contributed by atoms with Crippen molar-refractivity contribution in [1.82, 2.24) is 0 Å². The number of hydrogen-bond donors (Lipinski definition) is 1.